The molecule has 4 aliphatic heterocycles. The molecule has 0 unspecified atom stereocenters. The first-order chi connectivity index (χ1) is 19.6. The van der Waals surface area contributed by atoms with E-state index in [0.29, 0.717) is 88.9 Å². The highest BCUT2D eigenvalue weighted by Crippen LogP contribution is 2.36. The fraction of sp³-hybridized carbons (Fsp3) is 0.586. The second-order valence-electron chi connectivity index (χ2n) is 12.4. The molecule has 1 aromatic carbocycles. The quantitative estimate of drug-likeness (QED) is 0.537. The number of amides is 3. The second kappa shape index (κ2) is 10.6. The molecule has 12 nitrogen and oxygen atoms in total. The maximum Gasteiger partial charge on any atom is 0.410 e. The third-order valence-corrected chi connectivity index (χ3v) is 8.37. The Hall–Kier alpha value is -3.80. The Bertz CT molecular complexity index is 1310. The maximum absolute atomic E-state index is 13.7. The van der Waals surface area contributed by atoms with Crippen LogP contribution in [0.15, 0.2) is 30.3 Å². The molecule has 220 valence electrons. The first-order valence-corrected chi connectivity index (χ1v) is 14.4. The van der Waals surface area contributed by atoms with Gasteiger partial charge < -0.3 is 39.5 Å². The summed E-state index contributed by atoms with van der Waals surface area (Å²) in [5, 5.41) is 22.4. The van der Waals surface area contributed by atoms with Crippen molar-refractivity contribution in [2.75, 3.05) is 69.2 Å². The minimum Gasteiger partial charge on any atom is -0.507 e. The molecule has 4 aliphatic rings. The van der Waals surface area contributed by atoms with Crippen molar-refractivity contribution in [1.82, 2.24) is 24.9 Å². The Balaban J connectivity index is 1.09. The van der Waals surface area contributed by atoms with Gasteiger partial charge in [-0.3, -0.25) is 0 Å². The second-order valence-corrected chi connectivity index (χ2v) is 12.4. The number of hydrogen-bond acceptors (Lipinski definition) is 9. The number of carbonyl (C=O) groups excluding carboxylic acids is 2. The number of nitrogens with zero attached hydrogens (tertiary/aromatic N) is 6. The molecule has 0 radical (unpaired) electrons. The Morgan fingerprint density at radius 1 is 1.05 bits per heavy atom. The molecule has 1 aromatic heterocycles. The smallest absolute Gasteiger partial charge is 0.410 e. The van der Waals surface area contributed by atoms with E-state index in [9.17, 15) is 14.7 Å². The van der Waals surface area contributed by atoms with Gasteiger partial charge in [-0.1, -0.05) is 12.1 Å². The number of benzene rings is 1. The summed E-state index contributed by atoms with van der Waals surface area (Å²) >= 11 is 0. The zero-order chi connectivity index (χ0) is 28.8. The predicted octanol–water partition coefficient (Wildman–Crippen LogP) is 2.99. The number of likely N-dealkylation sites (tertiary alicyclic amines) is 1. The van der Waals surface area contributed by atoms with Gasteiger partial charge in [-0.25, -0.2) is 9.59 Å². The van der Waals surface area contributed by atoms with Crippen LogP contribution in [-0.4, -0.2) is 118 Å². The number of hydrogen-bond donors (Lipinski definition) is 2. The Labute approximate surface area is 240 Å². The number of ether oxygens (including phenoxy) is 2. The highest BCUT2D eigenvalue weighted by molar-refractivity contribution is 5.78. The van der Waals surface area contributed by atoms with E-state index in [4.69, 9.17) is 9.47 Å². The van der Waals surface area contributed by atoms with E-state index in [2.05, 4.69) is 20.4 Å². The summed E-state index contributed by atoms with van der Waals surface area (Å²) in [5.41, 5.74) is 1.22. The van der Waals surface area contributed by atoms with Crippen LogP contribution in [0.5, 0.6) is 5.75 Å². The number of carbonyl (C=O) groups is 2. The Kier molecular flexibility index (Phi) is 7.04. The number of piperidine rings is 1. The largest absolute Gasteiger partial charge is 0.507 e. The molecule has 41 heavy (non-hydrogen) atoms. The number of phenolic OH excluding ortho intramolecular Hbond substituents is 1. The van der Waals surface area contributed by atoms with Crippen LogP contribution < -0.4 is 10.2 Å². The third kappa shape index (κ3) is 5.57. The number of phenols is 1. The van der Waals surface area contributed by atoms with E-state index in [1.807, 2.05) is 48.8 Å². The minimum absolute atomic E-state index is 0.0374. The average molecular weight is 566 g/mol. The summed E-state index contributed by atoms with van der Waals surface area (Å²) in [5.74, 6) is 0.879. The van der Waals surface area contributed by atoms with Crippen molar-refractivity contribution in [1.29, 1.82) is 0 Å². The molecule has 0 saturated carbocycles. The van der Waals surface area contributed by atoms with Gasteiger partial charge in [0.2, 0.25) is 0 Å². The van der Waals surface area contributed by atoms with Gasteiger partial charge in [-0.05, 0) is 51.8 Å². The van der Waals surface area contributed by atoms with E-state index in [1.165, 1.54) is 0 Å². The van der Waals surface area contributed by atoms with Crippen LogP contribution in [0.2, 0.25) is 0 Å². The SMILES string of the molecule is CC(C)(C)OC(=O)N1CCC2(CC1)CN(C(=O)N1CCN3c4cc(-c5ccccc5O)nnc4NC[C@H]3C1)CCO2. The minimum atomic E-state index is -0.530. The van der Waals surface area contributed by atoms with Crippen molar-refractivity contribution in [3.63, 3.8) is 0 Å². The first kappa shape index (κ1) is 27.4. The van der Waals surface area contributed by atoms with Gasteiger partial charge in [0.1, 0.15) is 11.4 Å². The van der Waals surface area contributed by atoms with Crippen molar-refractivity contribution in [3.8, 4) is 17.0 Å². The van der Waals surface area contributed by atoms with Crippen LogP contribution in [0.1, 0.15) is 33.6 Å². The van der Waals surface area contributed by atoms with Gasteiger partial charge in [0.25, 0.3) is 0 Å². The molecule has 0 bridgehead atoms. The fourth-order valence-corrected chi connectivity index (χ4v) is 6.22. The van der Waals surface area contributed by atoms with Crippen molar-refractivity contribution >= 4 is 23.6 Å². The number of aromatic hydroxyl groups is 1. The van der Waals surface area contributed by atoms with Gasteiger partial charge in [-0.15, -0.1) is 10.2 Å². The van der Waals surface area contributed by atoms with Crippen LogP contribution in [-0.2, 0) is 9.47 Å². The van der Waals surface area contributed by atoms with Crippen molar-refractivity contribution < 1.29 is 24.2 Å². The molecule has 12 heteroatoms. The van der Waals surface area contributed by atoms with E-state index in [1.54, 1.807) is 17.0 Å². The molecule has 6 rings (SSSR count). The van der Waals surface area contributed by atoms with Crippen molar-refractivity contribution in [2.45, 2.75) is 50.9 Å². The Morgan fingerprint density at radius 2 is 1.83 bits per heavy atom. The summed E-state index contributed by atoms with van der Waals surface area (Å²) in [6.45, 7) is 10.8. The summed E-state index contributed by atoms with van der Waals surface area (Å²) in [4.78, 5) is 34.2. The first-order valence-electron chi connectivity index (χ1n) is 14.4. The van der Waals surface area contributed by atoms with Gasteiger partial charge in [-0.2, -0.15) is 0 Å². The topological polar surface area (TPSA) is 124 Å². The molecular formula is C29H39N7O5. The molecule has 0 aliphatic carbocycles. The van der Waals surface area contributed by atoms with E-state index in [0.717, 1.165) is 5.69 Å². The standard InChI is InChI=1S/C29H39N7O5/c1-28(2,3)41-27(39)33-10-8-29(9-11-33)19-35(14-15-40-29)26(38)34-12-13-36-20(18-34)17-30-25-23(36)16-22(31-32-25)21-6-4-5-7-24(21)37/h4-7,16,20,37H,8-15,17-19H2,1-3H3,(H,30,32)/t20-/m0/s1. The number of rotatable bonds is 1. The average Bonchev–Trinajstić information content (AvgIpc) is 2.96. The van der Waals surface area contributed by atoms with Crippen LogP contribution in [0.25, 0.3) is 11.3 Å². The number of anilines is 2. The lowest BCUT2D eigenvalue weighted by Gasteiger charge is -2.50. The highest BCUT2D eigenvalue weighted by Gasteiger charge is 2.44. The van der Waals surface area contributed by atoms with Gasteiger partial charge in [0, 0.05) is 51.4 Å². The maximum atomic E-state index is 13.7. The molecule has 3 amide bonds. The number of urea groups is 1. The number of piperazine rings is 1. The summed E-state index contributed by atoms with van der Waals surface area (Å²) in [6.07, 6.45) is 1.05. The lowest BCUT2D eigenvalue weighted by molar-refractivity contribution is -0.127. The molecule has 1 spiro atoms. The Morgan fingerprint density at radius 3 is 2.59 bits per heavy atom. The number of nitrogens with one attached hydrogen (secondary N) is 1. The zero-order valence-electron chi connectivity index (χ0n) is 24.0. The highest BCUT2D eigenvalue weighted by atomic mass is 16.6. The monoisotopic (exact) mass is 565 g/mol. The van der Waals surface area contributed by atoms with Crippen LogP contribution in [0.3, 0.4) is 0 Å². The molecule has 3 fully saturated rings. The normalized spacial score (nSPS) is 22.1. The van der Waals surface area contributed by atoms with Crippen molar-refractivity contribution in [2.24, 2.45) is 0 Å². The van der Waals surface area contributed by atoms with E-state index in [-0.39, 0.29) is 23.9 Å². The van der Waals surface area contributed by atoms with Crippen molar-refractivity contribution in [3.05, 3.63) is 30.3 Å². The van der Waals surface area contributed by atoms with Crippen LogP contribution in [0, 0.1) is 0 Å². The van der Waals surface area contributed by atoms with Gasteiger partial charge in [0.15, 0.2) is 5.82 Å². The number of aromatic nitrogens is 2. The third-order valence-electron chi connectivity index (χ3n) is 8.37. The number of morpholine rings is 1. The molecule has 5 heterocycles. The van der Waals surface area contributed by atoms with Gasteiger partial charge in [0.05, 0.1) is 36.2 Å². The summed E-state index contributed by atoms with van der Waals surface area (Å²) in [6, 6.07) is 9.20. The fourth-order valence-electron chi connectivity index (χ4n) is 6.22. The molecule has 2 N–H and O–H groups in total. The van der Waals surface area contributed by atoms with Crippen LogP contribution in [0.4, 0.5) is 21.1 Å². The number of fused-ring (bicyclic) bond motifs is 3. The molecular weight excluding hydrogens is 526 g/mol. The lowest BCUT2D eigenvalue weighted by Crippen LogP contribution is -2.64. The summed E-state index contributed by atoms with van der Waals surface area (Å²) < 4.78 is 11.8. The molecule has 2 aromatic rings. The molecule has 1 atom stereocenters. The van der Waals surface area contributed by atoms with Gasteiger partial charge >= 0.3 is 12.1 Å². The summed E-state index contributed by atoms with van der Waals surface area (Å²) in [7, 11) is 0. The van der Waals surface area contributed by atoms with E-state index < -0.39 is 11.2 Å². The van der Waals surface area contributed by atoms with E-state index >= 15 is 0 Å². The lowest BCUT2D eigenvalue weighted by atomic mass is 9.89. The molecule has 3 saturated heterocycles. The predicted molar refractivity (Wildman–Crippen MR) is 153 cm³/mol. The zero-order valence-corrected chi connectivity index (χ0v) is 24.0. The van der Waals surface area contributed by atoms with Crippen LogP contribution >= 0.6 is 0 Å². The number of para-hydroxylation sites is 1.